The molecule has 10 nitrogen and oxygen atoms in total. The van der Waals surface area contributed by atoms with Crippen molar-refractivity contribution in [2.45, 2.75) is 18.9 Å². The van der Waals surface area contributed by atoms with E-state index in [9.17, 15) is 9.59 Å². The van der Waals surface area contributed by atoms with E-state index >= 15 is 0 Å². The first-order chi connectivity index (χ1) is 17.9. The second-order valence-corrected chi connectivity index (χ2v) is 9.41. The topological polar surface area (TPSA) is 142 Å². The number of amides is 2. The van der Waals surface area contributed by atoms with Crippen molar-refractivity contribution < 1.29 is 23.8 Å². The number of aromatic nitrogens is 1. The molecule has 37 heavy (non-hydrogen) atoms. The van der Waals surface area contributed by atoms with Gasteiger partial charge in [-0.2, -0.15) is 0 Å². The van der Waals surface area contributed by atoms with Gasteiger partial charge in [-0.1, -0.05) is 11.6 Å². The van der Waals surface area contributed by atoms with Gasteiger partial charge in [0.15, 0.2) is 5.75 Å². The first-order valence-corrected chi connectivity index (χ1v) is 12.5. The van der Waals surface area contributed by atoms with E-state index in [0.717, 1.165) is 25.9 Å². The van der Waals surface area contributed by atoms with E-state index in [1.165, 1.54) is 0 Å². The zero-order valence-electron chi connectivity index (χ0n) is 20.2. The summed E-state index contributed by atoms with van der Waals surface area (Å²) in [6, 6.07) is 8.27. The quantitative estimate of drug-likeness (QED) is 0.362. The van der Waals surface area contributed by atoms with Crippen LogP contribution in [0.15, 0.2) is 36.5 Å². The Morgan fingerprint density at radius 1 is 1.11 bits per heavy atom. The molecule has 1 aliphatic carbocycles. The molecule has 2 heterocycles. The number of carbonyl (C=O) groups is 2. The summed E-state index contributed by atoms with van der Waals surface area (Å²) in [6.07, 6.45) is 3.50. The van der Waals surface area contributed by atoms with Gasteiger partial charge in [-0.05, 0) is 37.1 Å². The number of ether oxygens (including phenoxy) is 3. The summed E-state index contributed by atoms with van der Waals surface area (Å²) >= 11 is 6.41. The number of nitrogens with two attached hydrogens (primary N) is 2. The van der Waals surface area contributed by atoms with Crippen LogP contribution in [0.2, 0.25) is 5.02 Å². The van der Waals surface area contributed by atoms with Crippen LogP contribution < -0.4 is 26.3 Å². The van der Waals surface area contributed by atoms with Gasteiger partial charge in [-0.25, -0.2) is 0 Å². The van der Waals surface area contributed by atoms with Gasteiger partial charge < -0.3 is 31.0 Å². The Bertz CT molecular complexity index is 1340. The number of anilines is 1. The highest BCUT2D eigenvalue weighted by Crippen LogP contribution is 2.38. The number of benzene rings is 2. The molecule has 0 bridgehead atoms. The van der Waals surface area contributed by atoms with Crippen LogP contribution in [-0.2, 0) is 4.74 Å². The predicted molar refractivity (Wildman–Crippen MR) is 139 cm³/mol. The lowest BCUT2D eigenvalue weighted by molar-refractivity contribution is 0.0322. The first-order valence-electron chi connectivity index (χ1n) is 12.1. The number of halogens is 1. The third kappa shape index (κ3) is 5.71. The van der Waals surface area contributed by atoms with Gasteiger partial charge in [0.1, 0.15) is 18.1 Å². The molecule has 0 unspecified atom stereocenters. The zero-order valence-corrected chi connectivity index (χ0v) is 20.9. The fourth-order valence-electron chi connectivity index (χ4n) is 4.11. The molecule has 0 atom stereocenters. The minimum atomic E-state index is -0.633. The normalized spacial score (nSPS) is 15.9. The van der Waals surface area contributed by atoms with Gasteiger partial charge in [0.25, 0.3) is 11.8 Å². The SMILES string of the molecule is NC(=O)c1cc2c(Oc3ccc(C(=O)NC4CC4)c(Cl)c3N)ccnc2cc1OCCN1CCOCC1. The van der Waals surface area contributed by atoms with E-state index in [1.54, 1.807) is 36.5 Å². The fraction of sp³-hybridized carbons (Fsp3) is 0.346. The molecule has 5 N–H and O–H groups in total. The largest absolute Gasteiger partial charge is 0.491 e. The first kappa shape index (κ1) is 25.1. The molecule has 1 saturated carbocycles. The second kappa shape index (κ2) is 10.8. The summed E-state index contributed by atoms with van der Waals surface area (Å²) in [5.41, 5.74) is 13.1. The van der Waals surface area contributed by atoms with Crippen molar-refractivity contribution in [1.82, 2.24) is 15.2 Å². The molecule has 0 spiro atoms. The van der Waals surface area contributed by atoms with Crippen molar-refractivity contribution in [3.63, 3.8) is 0 Å². The number of nitrogen functional groups attached to an aromatic ring is 1. The molecule has 2 aromatic carbocycles. The number of nitrogens with one attached hydrogen (secondary N) is 1. The molecule has 194 valence electrons. The third-order valence-electron chi connectivity index (χ3n) is 6.35. The van der Waals surface area contributed by atoms with Gasteiger partial charge in [0.2, 0.25) is 0 Å². The molecular weight excluding hydrogens is 498 g/mol. The van der Waals surface area contributed by atoms with Crippen LogP contribution in [-0.4, -0.2) is 67.2 Å². The lowest BCUT2D eigenvalue weighted by Gasteiger charge is -2.26. The number of carbonyl (C=O) groups excluding carboxylic acids is 2. The summed E-state index contributed by atoms with van der Waals surface area (Å²) in [6.45, 7) is 4.15. The van der Waals surface area contributed by atoms with Gasteiger partial charge in [-0.15, -0.1) is 0 Å². The van der Waals surface area contributed by atoms with Crippen molar-refractivity contribution in [3.05, 3.63) is 52.7 Å². The van der Waals surface area contributed by atoms with Gasteiger partial charge in [0, 0.05) is 43.3 Å². The minimum absolute atomic E-state index is 0.114. The van der Waals surface area contributed by atoms with Crippen molar-refractivity contribution in [3.8, 4) is 17.2 Å². The van der Waals surface area contributed by atoms with Crippen LogP contribution in [0.4, 0.5) is 5.69 Å². The molecule has 3 aromatic rings. The summed E-state index contributed by atoms with van der Waals surface area (Å²) in [7, 11) is 0. The number of fused-ring (bicyclic) bond motifs is 1. The molecule has 11 heteroatoms. The number of pyridine rings is 1. The maximum atomic E-state index is 12.4. The molecule has 2 aliphatic rings. The minimum Gasteiger partial charge on any atom is -0.491 e. The van der Waals surface area contributed by atoms with Gasteiger partial charge in [0.05, 0.1) is 40.6 Å². The standard InChI is InChI=1S/C26H28ClN5O5/c27-23-16(26(34)31-15-1-2-15)3-4-21(24(23)28)37-20-5-6-30-19-14-22(18(25(29)33)13-17(19)20)36-12-9-32-7-10-35-11-8-32/h3-6,13-15H,1-2,7-12,28H2,(H2,29,33)(H,31,34). The molecule has 1 aliphatic heterocycles. The highest BCUT2D eigenvalue weighted by Gasteiger charge is 2.26. The van der Waals surface area contributed by atoms with Crippen LogP contribution >= 0.6 is 11.6 Å². The Balaban J connectivity index is 1.38. The molecule has 0 radical (unpaired) electrons. The lowest BCUT2D eigenvalue weighted by atomic mass is 10.1. The third-order valence-corrected chi connectivity index (χ3v) is 6.76. The second-order valence-electron chi connectivity index (χ2n) is 9.03. The number of rotatable bonds is 9. The molecule has 2 fully saturated rings. The molecular formula is C26H28ClN5O5. The number of nitrogens with zero attached hydrogens (tertiary/aromatic N) is 2. The van der Waals surface area contributed by atoms with E-state index in [0.29, 0.717) is 48.8 Å². The van der Waals surface area contributed by atoms with Gasteiger partial charge >= 0.3 is 0 Å². The fourth-order valence-corrected chi connectivity index (χ4v) is 4.35. The van der Waals surface area contributed by atoms with Crippen molar-refractivity contribution in [2.24, 2.45) is 5.73 Å². The van der Waals surface area contributed by atoms with Crippen LogP contribution in [0, 0.1) is 0 Å². The van der Waals surface area contributed by atoms with Crippen molar-refractivity contribution >= 4 is 40.0 Å². The average molecular weight is 526 g/mol. The van der Waals surface area contributed by atoms with Crippen molar-refractivity contribution in [2.75, 3.05) is 45.2 Å². The average Bonchev–Trinajstić information content (AvgIpc) is 3.71. The Morgan fingerprint density at radius 2 is 1.89 bits per heavy atom. The van der Waals surface area contributed by atoms with Crippen LogP contribution in [0.5, 0.6) is 17.2 Å². The van der Waals surface area contributed by atoms with Crippen LogP contribution in [0.25, 0.3) is 10.9 Å². The predicted octanol–water partition coefficient (Wildman–Crippen LogP) is 2.96. The molecule has 5 rings (SSSR count). The Kier molecular flexibility index (Phi) is 7.31. The Hall–Kier alpha value is -3.60. The van der Waals surface area contributed by atoms with E-state index in [-0.39, 0.29) is 39.5 Å². The number of hydrogen-bond donors (Lipinski definition) is 3. The van der Waals surface area contributed by atoms with Crippen LogP contribution in [0.1, 0.15) is 33.6 Å². The highest BCUT2D eigenvalue weighted by atomic mass is 35.5. The maximum Gasteiger partial charge on any atom is 0.253 e. The maximum absolute atomic E-state index is 12.4. The van der Waals surface area contributed by atoms with Crippen LogP contribution in [0.3, 0.4) is 0 Å². The molecule has 1 saturated heterocycles. The Morgan fingerprint density at radius 3 is 2.62 bits per heavy atom. The molecule has 2 amide bonds. The number of morpholine rings is 1. The van der Waals surface area contributed by atoms with Crippen molar-refractivity contribution in [1.29, 1.82) is 0 Å². The summed E-state index contributed by atoms with van der Waals surface area (Å²) in [5, 5.41) is 3.55. The van der Waals surface area contributed by atoms with Gasteiger partial charge in [-0.3, -0.25) is 19.5 Å². The number of primary amides is 1. The van der Waals surface area contributed by atoms with E-state index in [2.05, 4.69) is 15.2 Å². The van der Waals surface area contributed by atoms with E-state index < -0.39 is 5.91 Å². The smallest absolute Gasteiger partial charge is 0.253 e. The molecule has 1 aromatic heterocycles. The zero-order chi connectivity index (χ0) is 25.9. The Labute approximate surface area is 218 Å². The summed E-state index contributed by atoms with van der Waals surface area (Å²) < 4.78 is 17.4. The number of hydrogen-bond acceptors (Lipinski definition) is 8. The lowest BCUT2D eigenvalue weighted by Crippen LogP contribution is -2.38. The summed E-state index contributed by atoms with van der Waals surface area (Å²) in [4.78, 5) is 31.3. The highest BCUT2D eigenvalue weighted by molar-refractivity contribution is 6.36. The summed E-state index contributed by atoms with van der Waals surface area (Å²) in [5.74, 6) is 0.114. The van der Waals surface area contributed by atoms with E-state index in [4.69, 9.17) is 37.3 Å². The van der Waals surface area contributed by atoms with E-state index in [1.807, 2.05) is 0 Å². The monoisotopic (exact) mass is 525 g/mol.